The molecule has 0 saturated heterocycles. The molecule has 2 rings (SSSR count). The monoisotopic (exact) mass is 261 g/mol. The molecule has 0 radical (unpaired) electrons. The molecule has 0 aliphatic carbocycles. The largest absolute Gasteiger partial charge is 0.481 e. The topological polar surface area (TPSA) is 50.2 Å². The Morgan fingerprint density at radius 2 is 2.00 bits per heavy atom. The fraction of sp³-hybridized carbons (Fsp3) is 0.286. The summed E-state index contributed by atoms with van der Waals surface area (Å²) >= 11 is 1.35. The highest BCUT2D eigenvalue weighted by Crippen LogP contribution is 2.30. The Balaban J connectivity index is 2.60. The number of carboxylic acids is 1. The molecule has 94 valence electrons. The lowest BCUT2D eigenvalue weighted by atomic mass is 10.1. The standard InChI is InChI=1S/C14H15NO2S/c1-8-4-9(2)14-11(5-8)12(6-10(3)15-14)18-7-13(16)17/h4-6H,7H2,1-3H3,(H,16,17). The third-order valence-corrected chi connectivity index (χ3v) is 3.73. The number of hydrogen-bond donors (Lipinski definition) is 1. The van der Waals surface area contributed by atoms with Crippen LogP contribution in [-0.4, -0.2) is 21.8 Å². The van der Waals surface area contributed by atoms with E-state index < -0.39 is 5.97 Å². The third kappa shape index (κ3) is 2.64. The van der Waals surface area contributed by atoms with E-state index in [4.69, 9.17) is 5.11 Å². The van der Waals surface area contributed by atoms with E-state index in [0.717, 1.165) is 27.1 Å². The van der Waals surface area contributed by atoms with E-state index >= 15 is 0 Å². The maximum atomic E-state index is 10.7. The van der Waals surface area contributed by atoms with Crippen LogP contribution in [0.25, 0.3) is 10.9 Å². The van der Waals surface area contributed by atoms with Gasteiger partial charge in [-0.3, -0.25) is 9.78 Å². The second kappa shape index (κ2) is 4.98. The van der Waals surface area contributed by atoms with Gasteiger partial charge in [0.1, 0.15) is 0 Å². The normalized spacial score (nSPS) is 10.8. The number of carboxylic acid groups (broad SMARTS) is 1. The summed E-state index contributed by atoms with van der Waals surface area (Å²) in [6.07, 6.45) is 0. The molecule has 0 fully saturated rings. The van der Waals surface area contributed by atoms with Crippen molar-refractivity contribution in [3.05, 3.63) is 35.0 Å². The first-order valence-electron chi connectivity index (χ1n) is 5.70. The molecule has 18 heavy (non-hydrogen) atoms. The van der Waals surface area contributed by atoms with Crippen LogP contribution in [0.5, 0.6) is 0 Å². The van der Waals surface area contributed by atoms with Gasteiger partial charge in [-0.25, -0.2) is 0 Å². The molecule has 1 N–H and O–H groups in total. The molecular weight excluding hydrogens is 246 g/mol. The van der Waals surface area contributed by atoms with Crippen LogP contribution < -0.4 is 0 Å². The Morgan fingerprint density at radius 3 is 2.67 bits per heavy atom. The molecule has 1 heterocycles. The number of nitrogens with zero attached hydrogens (tertiary/aromatic N) is 1. The van der Waals surface area contributed by atoms with Crippen molar-refractivity contribution in [1.29, 1.82) is 0 Å². The Hall–Kier alpha value is -1.55. The average molecular weight is 261 g/mol. The number of rotatable bonds is 3. The van der Waals surface area contributed by atoms with Gasteiger partial charge in [0, 0.05) is 16.0 Å². The Morgan fingerprint density at radius 1 is 1.28 bits per heavy atom. The zero-order valence-corrected chi connectivity index (χ0v) is 11.5. The van der Waals surface area contributed by atoms with E-state index in [1.165, 1.54) is 17.3 Å². The summed E-state index contributed by atoms with van der Waals surface area (Å²) in [4.78, 5) is 16.2. The minimum Gasteiger partial charge on any atom is -0.481 e. The second-order valence-corrected chi connectivity index (χ2v) is 5.44. The van der Waals surface area contributed by atoms with Crippen LogP contribution in [0.4, 0.5) is 0 Å². The molecule has 0 amide bonds. The molecule has 0 saturated carbocycles. The van der Waals surface area contributed by atoms with Gasteiger partial charge in [-0.05, 0) is 38.5 Å². The first-order valence-corrected chi connectivity index (χ1v) is 6.69. The highest BCUT2D eigenvalue weighted by molar-refractivity contribution is 8.00. The van der Waals surface area contributed by atoms with Gasteiger partial charge in [-0.2, -0.15) is 0 Å². The van der Waals surface area contributed by atoms with E-state index in [9.17, 15) is 4.79 Å². The van der Waals surface area contributed by atoms with Crippen molar-refractivity contribution in [1.82, 2.24) is 4.98 Å². The van der Waals surface area contributed by atoms with Gasteiger partial charge in [0.2, 0.25) is 0 Å². The number of benzene rings is 1. The summed E-state index contributed by atoms with van der Waals surface area (Å²) < 4.78 is 0. The number of carbonyl (C=O) groups is 1. The van der Waals surface area contributed by atoms with Crippen molar-refractivity contribution in [2.75, 3.05) is 5.75 Å². The lowest BCUT2D eigenvalue weighted by molar-refractivity contribution is -0.133. The molecule has 0 bridgehead atoms. The fourth-order valence-electron chi connectivity index (χ4n) is 2.03. The zero-order chi connectivity index (χ0) is 13.3. The molecule has 0 aliphatic heterocycles. The molecule has 0 atom stereocenters. The van der Waals surface area contributed by atoms with Gasteiger partial charge in [0.05, 0.1) is 11.3 Å². The molecule has 0 unspecified atom stereocenters. The lowest BCUT2D eigenvalue weighted by Gasteiger charge is -2.09. The van der Waals surface area contributed by atoms with Crippen LogP contribution in [0.3, 0.4) is 0 Å². The molecule has 4 heteroatoms. The van der Waals surface area contributed by atoms with Crippen LogP contribution in [0, 0.1) is 20.8 Å². The van der Waals surface area contributed by atoms with Crippen LogP contribution in [0.2, 0.25) is 0 Å². The molecule has 1 aromatic heterocycles. The average Bonchev–Trinajstić information content (AvgIpc) is 2.27. The van der Waals surface area contributed by atoms with Crippen LogP contribution >= 0.6 is 11.8 Å². The van der Waals surface area contributed by atoms with Gasteiger partial charge in [0.25, 0.3) is 0 Å². The van der Waals surface area contributed by atoms with E-state index in [0.29, 0.717) is 0 Å². The first kappa shape index (κ1) is 12.9. The molecule has 0 spiro atoms. The Bertz CT molecular complexity index is 623. The van der Waals surface area contributed by atoms with Gasteiger partial charge < -0.3 is 5.11 Å². The van der Waals surface area contributed by atoms with Gasteiger partial charge in [0.15, 0.2) is 0 Å². The van der Waals surface area contributed by atoms with E-state index in [1.807, 2.05) is 26.8 Å². The maximum Gasteiger partial charge on any atom is 0.313 e. The number of aromatic nitrogens is 1. The molecule has 3 nitrogen and oxygen atoms in total. The second-order valence-electron chi connectivity index (χ2n) is 4.42. The summed E-state index contributed by atoms with van der Waals surface area (Å²) in [5, 5.41) is 9.83. The van der Waals surface area contributed by atoms with Gasteiger partial charge in [-0.15, -0.1) is 11.8 Å². The van der Waals surface area contributed by atoms with Crippen molar-refractivity contribution in [3.63, 3.8) is 0 Å². The first-order chi connectivity index (χ1) is 8.47. The summed E-state index contributed by atoms with van der Waals surface area (Å²) in [6, 6.07) is 6.12. The maximum absolute atomic E-state index is 10.7. The van der Waals surface area contributed by atoms with Crippen LogP contribution in [0.15, 0.2) is 23.1 Å². The summed E-state index contributed by atoms with van der Waals surface area (Å²) in [5.41, 5.74) is 4.18. The van der Waals surface area contributed by atoms with Crippen molar-refractivity contribution >= 4 is 28.6 Å². The predicted molar refractivity (Wildman–Crippen MR) is 74.3 cm³/mol. The highest BCUT2D eigenvalue weighted by atomic mass is 32.2. The third-order valence-electron chi connectivity index (χ3n) is 2.69. The molecule has 1 aromatic carbocycles. The SMILES string of the molecule is Cc1cc(C)c2nc(C)cc(SCC(=O)O)c2c1. The predicted octanol–water partition coefficient (Wildman–Crippen LogP) is 3.34. The van der Waals surface area contributed by atoms with Crippen molar-refractivity contribution in [3.8, 4) is 0 Å². The van der Waals surface area contributed by atoms with Gasteiger partial charge >= 0.3 is 5.97 Å². The van der Waals surface area contributed by atoms with E-state index in [2.05, 4.69) is 17.1 Å². The molecule has 2 aromatic rings. The summed E-state index contributed by atoms with van der Waals surface area (Å²) in [5.74, 6) is -0.724. The zero-order valence-electron chi connectivity index (χ0n) is 10.7. The van der Waals surface area contributed by atoms with Crippen molar-refractivity contribution in [2.24, 2.45) is 0 Å². The number of aliphatic carboxylic acids is 1. The minimum atomic E-state index is -0.799. The summed E-state index contributed by atoms with van der Waals surface area (Å²) in [6.45, 7) is 6.01. The number of fused-ring (bicyclic) bond motifs is 1. The lowest BCUT2D eigenvalue weighted by Crippen LogP contribution is -1.98. The minimum absolute atomic E-state index is 0.0749. The quantitative estimate of drug-likeness (QED) is 0.861. The highest BCUT2D eigenvalue weighted by Gasteiger charge is 2.09. The van der Waals surface area contributed by atoms with Crippen molar-refractivity contribution < 1.29 is 9.90 Å². The number of thioether (sulfide) groups is 1. The summed E-state index contributed by atoms with van der Waals surface area (Å²) in [7, 11) is 0. The molecule has 0 aliphatic rings. The Kier molecular flexibility index (Phi) is 3.57. The van der Waals surface area contributed by atoms with Crippen molar-refractivity contribution in [2.45, 2.75) is 25.7 Å². The molecular formula is C14H15NO2S. The van der Waals surface area contributed by atoms with Crippen LogP contribution in [0.1, 0.15) is 16.8 Å². The van der Waals surface area contributed by atoms with Crippen LogP contribution in [-0.2, 0) is 4.79 Å². The smallest absolute Gasteiger partial charge is 0.313 e. The Labute approximate surface area is 110 Å². The fourth-order valence-corrected chi connectivity index (χ4v) is 2.88. The van der Waals surface area contributed by atoms with E-state index in [1.54, 1.807) is 0 Å². The number of hydrogen-bond acceptors (Lipinski definition) is 3. The number of aryl methyl sites for hydroxylation is 3. The number of pyridine rings is 1. The van der Waals surface area contributed by atoms with E-state index in [-0.39, 0.29) is 5.75 Å². The van der Waals surface area contributed by atoms with Gasteiger partial charge in [-0.1, -0.05) is 11.6 Å².